The minimum atomic E-state index is -0.428. The summed E-state index contributed by atoms with van der Waals surface area (Å²) in [6.45, 7) is 5.34. The molecule has 0 spiro atoms. The summed E-state index contributed by atoms with van der Waals surface area (Å²) in [6, 6.07) is 9.54. The summed E-state index contributed by atoms with van der Waals surface area (Å²) in [4.78, 5) is 18.5. The van der Waals surface area contributed by atoms with Crippen LogP contribution in [0, 0.1) is 0 Å². The maximum absolute atomic E-state index is 11.8. The third-order valence-corrected chi connectivity index (χ3v) is 5.28. The minimum absolute atomic E-state index is 0.266. The van der Waals surface area contributed by atoms with Gasteiger partial charge in [0.1, 0.15) is 11.0 Å². The molecule has 2 heterocycles. The zero-order valence-electron chi connectivity index (χ0n) is 17.6. The molecule has 8 heteroatoms. The Morgan fingerprint density at radius 1 is 1.20 bits per heavy atom. The monoisotopic (exact) mass is 433 g/mol. The first-order valence-corrected chi connectivity index (χ1v) is 10.4. The highest BCUT2D eigenvalue weighted by Crippen LogP contribution is 2.29. The number of carbonyl (C=O) groups excluding carboxylic acids is 1. The summed E-state index contributed by atoms with van der Waals surface area (Å²) < 4.78 is 15.8. The topological polar surface area (TPSA) is 72.9 Å². The molecule has 0 amide bonds. The van der Waals surface area contributed by atoms with Gasteiger partial charge in [-0.25, -0.2) is 9.78 Å². The smallest absolute Gasteiger partial charge is 0.338 e. The van der Waals surface area contributed by atoms with Crippen LogP contribution in [0.2, 0.25) is 5.15 Å². The highest BCUT2D eigenvalue weighted by atomic mass is 35.5. The molecular weight excluding hydrogens is 406 g/mol. The highest BCUT2D eigenvalue weighted by molar-refractivity contribution is 6.29. The number of methoxy groups -OCH3 is 2. The number of likely N-dealkylation sites (tertiary alicyclic amines) is 1. The Labute approximate surface area is 182 Å². The summed E-state index contributed by atoms with van der Waals surface area (Å²) in [5, 5.41) is 3.67. The van der Waals surface area contributed by atoms with Crippen LogP contribution in [-0.2, 0) is 11.3 Å². The summed E-state index contributed by atoms with van der Waals surface area (Å²) in [5.74, 6) is 1.70. The van der Waals surface area contributed by atoms with Crippen LogP contribution >= 0.6 is 11.6 Å². The maximum Gasteiger partial charge on any atom is 0.338 e. The van der Waals surface area contributed by atoms with E-state index < -0.39 is 5.97 Å². The molecule has 1 aliphatic heterocycles. The van der Waals surface area contributed by atoms with Crippen molar-refractivity contribution in [1.82, 2.24) is 9.88 Å². The van der Waals surface area contributed by atoms with E-state index in [1.807, 2.05) is 13.0 Å². The number of hydrogen-bond acceptors (Lipinski definition) is 7. The summed E-state index contributed by atoms with van der Waals surface area (Å²) in [5.41, 5.74) is 1.59. The van der Waals surface area contributed by atoms with Crippen molar-refractivity contribution in [2.75, 3.05) is 39.2 Å². The number of anilines is 1. The number of pyridine rings is 1. The van der Waals surface area contributed by atoms with E-state index in [1.54, 1.807) is 13.2 Å². The van der Waals surface area contributed by atoms with Crippen LogP contribution in [0.3, 0.4) is 0 Å². The lowest BCUT2D eigenvalue weighted by Gasteiger charge is -2.32. The molecule has 162 valence electrons. The van der Waals surface area contributed by atoms with Crippen molar-refractivity contribution in [2.45, 2.75) is 32.4 Å². The van der Waals surface area contributed by atoms with Gasteiger partial charge in [0, 0.05) is 25.7 Å². The van der Waals surface area contributed by atoms with E-state index in [9.17, 15) is 4.79 Å². The molecule has 1 aromatic heterocycles. The quantitative estimate of drug-likeness (QED) is 0.498. The van der Waals surface area contributed by atoms with Crippen LogP contribution in [0.15, 0.2) is 30.3 Å². The molecule has 0 atom stereocenters. The number of benzene rings is 1. The number of rotatable bonds is 8. The third-order valence-electron chi connectivity index (χ3n) is 5.09. The first-order chi connectivity index (χ1) is 14.5. The molecule has 2 aromatic rings. The Morgan fingerprint density at radius 3 is 2.63 bits per heavy atom. The number of ether oxygens (including phenoxy) is 3. The fraction of sp³-hybridized carbons (Fsp3) is 0.455. The van der Waals surface area contributed by atoms with Gasteiger partial charge in [0.05, 0.1) is 26.4 Å². The molecule has 1 fully saturated rings. The number of halogens is 1. The predicted octanol–water partition coefficient (Wildman–Crippen LogP) is 4.01. The first kappa shape index (κ1) is 22.2. The van der Waals surface area contributed by atoms with E-state index >= 15 is 0 Å². The van der Waals surface area contributed by atoms with Crippen LogP contribution in [0.5, 0.6) is 11.5 Å². The zero-order chi connectivity index (χ0) is 21.5. The second kappa shape index (κ2) is 10.5. The number of nitrogens with one attached hydrogen (secondary N) is 1. The zero-order valence-corrected chi connectivity index (χ0v) is 18.4. The molecule has 0 unspecified atom stereocenters. The molecule has 7 nitrogen and oxygen atoms in total. The van der Waals surface area contributed by atoms with Gasteiger partial charge < -0.3 is 19.5 Å². The van der Waals surface area contributed by atoms with Gasteiger partial charge >= 0.3 is 5.97 Å². The SMILES string of the molecule is CCOc1cc(CN2CCC(Nc3cc(C(=O)OC)cc(Cl)n3)CC2)ccc1OC. The summed E-state index contributed by atoms with van der Waals surface area (Å²) in [6.07, 6.45) is 1.94. The second-order valence-corrected chi connectivity index (χ2v) is 7.56. The van der Waals surface area contributed by atoms with E-state index in [1.165, 1.54) is 18.7 Å². The van der Waals surface area contributed by atoms with E-state index in [0.29, 0.717) is 18.0 Å². The second-order valence-electron chi connectivity index (χ2n) is 7.17. The van der Waals surface area contributed by atoms with E-state index in [0.717, 1.165) is 44.0 Å². The molecule has 0 bridgehead atoms. The summed E-state index contributed by atoms with van der Waals surface area (Å²) in [7, 11) is 3.00. The van der Waals surface area contributed by atoms with Gasteiger partial charge in [-0.3, -0.25) is 4.90 Å². The average Bonchev–Trinajstić information content (AvgIpc) is 2.74. The molecule has 0 radical (unpaired) electrons. The molecule has 3 rings (SSSR count). The standard InChI is InChI=1S/C22H28ClN3O4/c1-4-30-19-11-15(5-6-18(19)28-2)14-26-9-7-17(8-10-26)24-21-13-16(22(27)29-3)12-20(23)25-21/h5-6,11-13,17H,4,7-10,14H2,1-3H3,(H,24,25). The molecule has 1 saturated heterocycles. The van der Waals surface area contributed by atoms with E-state index in [-0.39, 0.29) is 11.2 Å². The Kier molecular flexibility index (Phi) is 7.76. The number of piperidine rings is 1. The van der Waals surface area contributed by atoms with Gasteiger partial charge in [-0.2, -0.15) is 0 Å². The van der Waals surface area contributed by atoms with Gasteiger partial charge in [-0.05, 0) is 49.6 Å². The Balaban J connectivity index is 1.56. The largest absolute Gasteiger partial charge is 0.493 e. The van der Waals surface area contributed by atoms with Crippen LogP contribution in [0.25, 0.3) is 0 Å². The van der Waals surface area contributed by atoms with Crippen LogP contribution < -0.4 is 14.8 Å². The molecule has 1 N–H and O–H groups in total. The van der Waals surface area contributed by atoms with Gasteiger partial charge in [-0.15, -0.1) is 0 Å². The Hall–Kier alpha value is -2.51. The third kappa shape index (κ3) is 5.77. The predicted molar refractivity (Wildman–Crippen MR) is 117 cm³/mol. The molecule has 0 saturated carbocycles. The van der Waals surface area contributed by atoms with Crippen molar-refractivity contribution in [2.24, 2.45) is 0 Å². The lowest BCUT2D eigenvalue weighted by atomic mass is 10.0. The van der Waals surface area contributed by atoms with Crippen molar-refractivity contribution in [3.8, 4) is 11.5 Å². The minimum Gasteiger partial charge on any atom is -0.493 e. The Bertz CT molecular complexity index is 869. The van der Waals surface area contributed by atoms with E-state index in [4.69, 9.17) is 25.8 Å². The molecule has 0 aliphatic carbocycles. The van der Waals surface area contributed by atoms with Crippen molar-refractivity contribution in [3.05, 3.63) is 46.6 Å². The van der Waals surface area contributed by atoms with Gasteiger partial charge in [0.15, 0.2) is 11.5 Å². The normalized spacial score (nSPS) is 14.9. The Morgan fingerprint density at radius 2 is 1.97 bits per heavy atom. The van der Waals surface area contributed by atoms with Gasteiger partial charge in [-0.1, -0.05) is 17.7 Å². The van der Waals surface area contributed by atoms with Gasteiger partial charge in [0.2, 0.25) is 0 Å². The summed E-state index contributed by atoms with van der Waals surface area (Å²) >= 11 is 6.05. The number of esters is 1. The fourth-order valence-electron chi connectivity index (χ4n) is 3.60. The molecule has 1 aliphatic rings. The molecule has 30 heavy (non-hydrogen) atoms. The molecular formula is C22H28ClN3O4. The van der Waals surface area contributed by atoms with Crippen LogP contribution in [0.1, 0.15) is 35.7 Å². The average molecular weight is 434 g/mol. The van der Waals surface area contributed by atoms with Crippen LogP contribution in [0.4, 0.5) is 5.82 Å². The first-order valence-electron chi connectivity index (χ1n) is 10.1. The lowest BCUT2D eigenvalue weighted by Crippen LogP contribution is -2.38. The number of nitrogens with zero attached hydrogens (tertiary/aromatic N) is 2. The van der Waals surface area contributed by atoms with Gasteiger partial charge in [0.25, 0.3) is 0 Å². The van der Waals surface area contributed by atoms with Crippen molar-refractivity contribution in [3.63, 3.8) is 0 Å². The number of hydrogen-bond donors (Lipinski definition) is 1. The maximum atomic E-state index is 11.8. The highest BCUT2D eigenvalue weighted by Gasteiger charge is 2.21. The number of aromatic nitrogens is 1. The van der Waals surface area contributed by atoms with E-state index in [2.05, 4.69) is 27.3 Å². The van der Waals surface area contributed by atoms with Crippen molar-refractivity contribution < 1.29 is 19.0 Å². The fourth-order valence-corrected chi connectivity index (χ4v) is 3.81. The van der Waals surface area contributed by atoms with Crippen molar-refractivity contribution >= 4 is 23.4 Å². The number of carbonyl (C=O) groups is 1. The van der Waals surface area contributed by atoms with Crippen LogP contribution in [-0.4, -0.2) is 55.8 Å². The van der Waals surface area contributed by atoms with Crippen molar-refractivity contribution in [1.29, 1.82) is 0 Å². The lowest BCUT2D eigenvalue weighted by molar-refractivity contribution is 0.0600. The molecule has 1 aromatic carbocycles.